The smallest absolute Gasteiger partial charge is 0.237 e. The monoisotopic (exact) mass is 398 g/mol. The predicted molar refractivity (Wildman–Crippen MR) is 98.6 cm³/mol. The quantitative estimate of drug-likeness (QED) is 0.634. The van der Waals surface area contributed by atoms with Crippen molar-refractivity contribution in [2.75, 3.05) is 0 Å². The summed E-state index contributed by atoms with van der Waals surface area (Å²) in [7, 11) is 0. The predicted octanol–water partition coefficient (Wildman–Crippen LogP) is 4.09. The van der Waals surface area contributed by atoms with Crippen LogP contribution in [0.4, 0.5) is 0 Å². The Bertz CT molecular complexity index is 864. The minimum absolute atomic E-state index is 0.0317. The minimum atomic E-state index is -0.441. The third-order valence-corrected chi connectivity index (χ3v) is 5.77. The second-order valence-corrected chi connectivity index (χ2v) is 7.58. The molecule has 0 unspecified atom stereocenters. The number of rotatable bonds is 6. The average molecular weight is 399 g/mol. The molecule has 2 heterocycles. The van der Waals surface area contributed by atoms with Crippen LogP contribution in [0.25, 0.3) is 10.7 Å². The molecule has 0 saturated carbocycles. The highest BCUT2D eigenvalue weighted by atomic mass is 35.5. The van der Waals surface area contributed by atoms with Crippen molar-refractivity contribution in [3.8, 4) is 10.7 Å². The average Bonchev–Trinajstić information content (AvgIpc) is 3.18. The summed E-state index contributed by atoms with van der Waals surface area (Å²) in [5, 5.41) is 12.0. The number of halogens is 2. The van der Waals surface area contributed by atoms with Crippen LogP contribution < -0.4 is 5.73 Å². The normalized spacial score (nSPS) is 10.9. The molecule has 0 atom stereocenters. The maximum Gasteiger partial charge on any atom is 0.237 e. The van der Waals surface area contributed by atoms with Crippen LogP contribution in [0.3, 0.4) is 0 Å². The number of benzene rings is 1. The zero-order chi connectivity index (χ0) is 17.1. The molecule has 0 aliphatic heterocycles. The van der Waals surface area contributed by atoms with Crippen molar-refractivity contribution < 1.29 is 4.79 Å². The lowest BCUT2D eigenvalue weighted by molar-refractivity contribution is -0.118. The number of thiophene rings is 1. The van der Waals surface area contributed by atoms with Gasteiger partial charge in [-0.15, -0.1) is 21.5 Å². The van der Waals surface area contributed by atoms with Gasteiger partial charge in [-0.1, -0.05) is 47.1 Å². The summed E-state index contributed by atoms with van der Waals surface area (Å²) >= 11 is 14.9. The van der Waals surface area contributed by atoms with Gasteiger partial charge in [-0.2, -0.15) is 0 Å². The number of nitrogens with zero attached hydrogens (tertiary/aromatic N) is 3. The zero-order valence-corrected chi connectivity index (χ0v) is 15.4. The minimum Gasteiger partial charge on any atom is -0.368 e. The lowest BCUT2D eigenvalue weighted by atomic mass is 10.2. The van der Waals surface area contributed by atoms with Crippen molar-refractivity contribution >= 4 is 52.2 Å². The fourth-order valence-electron chi connectivity index (χ4n) is 2.06. The van der Waals surface area contributed by atoms with E-state index in [-0.39, 0.29) is 6.54 Å². The molecule has 0 spiro atoms. The Morgan fingerprint density at radius 3 is 2.75 bits per heavy atom. The zero-order valence-electron chi connectivity index (χ0n) is 12.3. The summed E-state index contributed by atoms with van der Waals surface area (Å²) < 4.78 is 1.73. The highest BCUT2D eigenvalue weighted by Gasteiger charge is 2.16. The summed E-state index contributed by atoms with van der Waals surface area (Å²) in [6.45, 7) is 0.0317. The number of amides is 1. The van der Waals surface area contributed by atoms with Crippen LogP contribution in [-0.4, -0.2) is 20.7 Å². The van der Waals surface area contributed by atoms with Crippen LogP contribution in [0.15, 0.2) is 40.9 Å². The first-order chi connectivity index (χ1) is 11.5. The molecule has 0 bridgehead atoms. The molecule has 24 heavy (non-hydrogen) atoms. The molecule has 0 fully saturated rings. The van der Waals surface area contributed by atoms with Crippen molar-refractivity contribution in [1.29, 1.82) is 0 Å². The number of thioether (sulfide) groups is 1. The van der Waals surface area contributed by atoms with Gasteiger partial charge in [0.1, 0.15) is 6.54 Å². The summed E-state index contributed by atoms with van der Waals surface area (Å²) in [5.41, 5.74) is 6.37. The van der Waals surface area contributed by atoms with Crippen LogP contribution in [-0.2, 0) is 17.1 Å². The van der Waals surface area contributed by atoms with E-state index < -0.39 is 5.91 Å². The maximum atomic E-state index is 11.4. The van der Waals surface area contributed by atoms with E-state index in [2.05, 4.69) is 10.2 Å². The van der Waals surface area contributed by atoms with Gasteiger partial charge in [0.2, 0.25) is 5.91 Å². The fourth-order valence-corrected chi connectivity index (χ4v) is 3.98. The summed E-state index contributed by atoms with van der Waals surface area (Å²) in [6.07, 6.45) is 0. The molecule has 2 aromatic heterocycles. The molecule has 3 aromatic rings. The highest BCUT2D eigenvalue weighted by molar-refractivity contribution is 7.98. The molecule has 9 heteroatoms. The summed E-state index contributed by atoms with van der Waals surface area (Å²) in [4.78, 5) is 12.3. The number of primary amides is 1. The first-order valence-corrected chi connectivity index (χ1v) is 9.49. The van der Waals surface area contributed by atoms with Gasteiger partial charge in [0, 0.05) is 5.75 Å². The van der Waals surface area contributed by atoms with E-state index in [1.807, 2.05) is 29.6 Å². The van der Waals surface area contributed by atoms with Crippen molar-refractivity contribution in [3.05, 3.63) is 51.3 Å². The van der Waals surface area contributed by atoms with E-state index in [9.17, 15) is 4.79 Å². The Morgan fingerprint density at radius 2 is 2.08 bits per heavy atom. The van der Waals surface area contributed by atoms with Gasteiger partial charge in [0.15, 0.2) is 11.0 Å². The molecule has 1 amide bonds. The molecule has 0 saturated heterocycles. The van der Waals surface area contributed by atoms with E-state index in [0.29, 0.717) is 26.8 Å². The Labute approximate surface area is 156 Å². The molecule has 5 nitrogen and oxygen atoms in total. The second-order valence-electron chi connectivity index (χ2n) is 4.87. The van der Waals surface area contributed by atoms with Crippen molar-refractivity contribution in [1.82, 2.24) is 14.8 Å². The molecule has 124 valence electrons. The largest absolute Gasteiger partial charge is 0.368 e. The Balaban J connectivity index is 1.84. The highest BCUT2D eigenvalue weighted by Crippen LogP contribution is 2.30. The molecule has 1 aromatic carbocycles. The number of carbonyl (C=O) groups excluding carboxylic acids is 1. The van der Waals surface area contributed by atoms with E-state index >= 15 is 0 Å². The van der Waals surface area contributed by atoms with Gasteiger partial charge in [-0.05, 0) is 29.1 Å². The van der Waals surface area contributed by atoms with Crippen LogP contribution in [0.2, 0.25) is 10.0 Å². The number of nitrogens with two attached hydrogens (primary N) is 1. The third kappa shape index (κ3) is 3.92. The number of hydrogen-bond donors (Lipinski definition) is 1. The lowest BCUT2D eigenvalue weighted by Gasteiger charge is -2.07. The van der Waals surface area contributed by atoms with Crippen LogP contribution >= 0.6 is 46.3 Å². The van der Waals surface area contributed by atoms with E-state index in [1.165, 1.54) is 23.1 Å². The van der Waals surface area contributed by atoms with Crippen molar-refractivity contribution in [2.45, 2.75) is 17.5 Å². The first-order valence-electron chi connectivity index (χ1n) is 6.86. The molecular formula is C15H12Cl2N4OS2. The van der Waals surface area contributed by atoms with Crippen LogP contribution in [0.5, 0.6) is 0 Å². The lowest BCUT2D eigenvalue weighted by Crippen LogP contribution is -2.19. The van der Waals surface area contributed by atoms with Gasteiger partial charge in [0.25, 0.3) is 0 Å². The number of aromatic nitrogens is 3. The van der Waals surface area contributed by atoms with Gasteiger partial charge in [-0.3, -0.25) is 9.36 Å². The first kappa shape index (κ1) is 17.3. The Kier molecular flexibility index (Phi) is 5.45. The number of hydrogen-bond acceptors (Lipinski definition) is 5. The van der Waals surface area contributed by atoms with Crippen molar-refractivity contribution in [2.24, 2.45) is 5.73 Å². The van der Waals surface area contributed by atoms with Crippen LogP contribution in [0, 0.1) is 0 Å². The maximum absolute atomic E-state index is 11.4. The molecule has 0 aliphatic rings. The molecular weight excluding hydrogens is 387 g/mol. The fraction of sp³-hybridized carbons (Fsp3) is 0.133. The van der Waals surface area contributed by atoms with E-state index in [4.69, 9.17) is 28.9 Å². The standard InChI is InChI=1S/C15H12Cl2N4OS2/c16-10-4-3-9(6-11(10)17)8-24-15-20-19-14(12-2-1-5-23-12)21(15)7-13(18)22/h1-6H,7-8H2,(H2,18,22). The van der Waals surface area contributed by atoms with Gasteiger partial charge >= 0.3 is 0 Å². The molecule has 3 rings (SSSR count). The van der Waals surface area contributed by atoms with Gasteiger partial charge in [0.05, 0.1) is 14.9 Å². The molecule has 2 N–H and O–H groups in total. The van der Waals surface area contributed by atoms with Gasteiger partial charge < -0.3 is 5.73 Å². The summed E-state index contributed by atoms with van der Waals surface area (Å²) in [5.74, 6) is 0.822. The second kappa shape index (κ2) is 7.57. The SMILES string of the molecule is NC(=O)Cn1c(SCc2ccc(Cl)c(Cl)c2)nnc1-c1cccs1. The van der Waals surface area contributed by atoms with Crippen LogP contribution in [0.1, 0.15) is 5.56 Å². The topological polar surface area (TPSA) is 73.8 Å². The Hall–Kier alpha value is -1.54. The van der Waals surface area contributed by atoms with Crippen molar-refractivity contribution in [3.63, 3.8) is 0 Å². The molecule has 0 radical (unpaired) electrons. The molecule has 0 aliphatic carbocycles. The summed E-state index contributed by atoms with van der Waals surface area (Å²) in [6, 6.07) is 9.32. The van der Waals surface area contributed by atoms with Gasteiger partial charge in [-0.25, -0.2) is 0 Å². The van der Waals surface area contributed by atoms with E-state index in [1.54, 1.807) is 10.6 Å². The third-order valence-electron chi connectivity index (χ3n) is 3.12. The van der Waals surface area contributed by atoms with E-state index in [0.717, 1.165) is 10.4 Å². The number of carbonyl (C=O) groups is 1. The Morgan fingerprint density at radius 1 is 1.25 bits per heavy atom.